The van der Waals surface area contributed by atoms with Gasteiger partial charge in [0.1, 0.15) is 0 Å². The van der Waals surface area contributed by atoms with Gasteiger partial charge in [0.2, 0.25) is 0 Å². The van der Waals surface area contributed by atoms with E-state index in [1.54, 1.807) is 18.2 Å². The van der Waals surface area contributed by atoms with Gasteiger partial charge in [-0.15, -0.1) is 0 Å². The van der Waals surface area contributed by atoms with Gasteiger partial charge in [-0.2, -0.15) is 0 Å². The van der Waals surface area contributed by atoms with E-state index in [-0.39, 0.29) is 5.91 Å². The van der Waals surface area contributed by atoms with Gasteiger partial charge in [-0.25, -0.2) is 5.48 Å². The zero-order valence-corrected chi connectivity index (χ0v) is 6.83. The zero-order valence-electron chi connectivity index (χ0n) is 6.83. The van der Waals surface area contributed by atoms with Crippen LogP contribution in [0.3, 0.4) is 0 Å². The Kier molecular flexibility index (Phi) is 2.82. The molecule has 12 heavy (non-hydrogen) atoms. The lowest BCUT2D eigenvalue weighted by Gasteiger charge is -2.01. The number of amides is 1. The summed E-state index contributed by atoms with van der Waals surface area (Å²) in [5.74, 6) is -0.261. The molecule has 1 radical (unpaired) electrons. The molecule has 0 aromatic heterocycles. The standard InChI is InChI=1S/C9H10NO2/c1-7-4-3-5-8(6-7)9(11)10-12-2/h3-6H,1H2,2H3,(H,10,11). The van der Waals surface area contributed by atoms with Gasteiger partial charge in [0.15, 0.2) is 0 Å². The van der Waals surface area contributed by atoms with Crippen LogP contribution in [0, 0.1) is 6.92 Å². The zero-order chi connectivity index (χ0) is 8.97. The predicted molar refractivity (Wildman–Crippen MR) is 45.4 cm³/mol. The largest absolute Gasteiger partial charge is 0.277 e. The van der Waals surface area contributed by atoms with Crippen molar-refractivity contribution in [2.24, 2.45) is 0 Å². The number of nitrogens with one attached hydrogen (secondary N) is 1. The third-order valence-corrected chi connectivity index (χ3v) is 1.38. The summed E-state index contributed by atoms with van der Waals surface area (Å²) in [5, 5.41) is 0. The molecule has 0 spiro atoms. The van der Waals surface area contributed by atoms with E-state index in [9.17, 15) is 4.79 Å². The molecule has 0 aliphatic carbocycles. The molecule has 0 atom stereocenters. The molecule has 0 heterocycles. The highest BCUT2D eigenvalue weighted by Crippen LogP contribution is 2.02. The summed E-state index contributed by atoms with van der Waals surface area (Å²) in [6.45, 7) is 3.70. The van der Waals surface area contributed by atoms with Gasteiger partial charge < -0.3 is 0 Å². The summed E-state index contributed by atoms with van der Waals surface area (Å²) in [6, 6.07) is 6.98. The first-order chi connectivity index (χ1) is 5.74. The molecule has 0 saturated heterocycles. The van der Waals surface area contributed by atoms with Crippen LogP contribution in [0.4, 0.5) is 0 Å². The highest BCUT2D eigenvalue weighted by atomic mass is 16.6. The average molecular weight is 164 g/mol. The van der Waals surface area contributed by atoms with Crippen molar-refractivity contribution >= 4 is 5.91 Å². The first-order valence-corrected chi connectivity index (χ1v) is 3.49. The minimum absolute atomic E-state index is 0.261. The fourth-order valence-electron chi connectivity index (χ4n) is 0.864. The Morgan fingerprint density at radius 3 is 2.92 bits per heavy atom. The minimum atomic E-state index is -0.261. The normalized spacial score (nSPS) is 9.50. The van der Waals surface area contributed by atoms with Gasteiger partial charge in [0.25, 0.3) is 5.91 Å². The first-order valence-electron chi connectivity index (χ1n) is 3.49. The third kappa shape index (κ3) is 2.07. The van der Waals surface area contributed by atoms with Gasteiger partial charge in [-0.1, -0.05) is 12.1 Å². The Morgan fingerprint density at radius 1 is 1.58 bits per heavy atom. The van der Waals surface area contributed by atoms with Crippen molar-refractivity contribution in [3.8, 4) is 0 Å². The topological polar surface area (TPSA) is 38.3 Å². The number of rotatable bonds is 2. The maximum Gasteiger partial charge on any atom is 0.274 e. The highest BCUT2D eigenvalue weighted by Gasteiger charge is 2.02. The number of hydrogen-bond donors (Lipinski definition) is 1. The number of hydroxylamine groups is 1. The summed E-state index contributed by atoms with van der Waals surface area (Å²) in [6.07, 6.45) is 0. The molecule has 0 saturated carbocycles. The second kappa shape index (κ2) is 3.88. The molecule has 1 rings (SSSR count). The monoisotopic (exact) mass is 164 g/mol. The van der Waals surface area contributed by atoms with Crippen LogP contribution in [-0.2, 0) is 4.84 Å². The second-order valence-electron chi connectivity index (χ2n) is 2.34. The minimum Gasteiger partial charge on any atom is -0.277 e. The van der Waals surface area contributed by atoms with Crippen LogP contribution in [0.25, 0.3) is 0 Å². The molecule has 1 N–H and O–H groups in total. The Balaban J connectivity index is 2.81. The van der Waals surface area contributed by atoms with Crippen molar-refractivity contribution in [1.82, 2.24) is 5.48 Å². The molecule has 0 bridgehead atoms. The maximum atomic E-state index is 11.1. The molecular formula is C9H10NO2. The lowest BCUT2D eigenvalue weighted by Crippen LogP contribution is -2.21. The van der Waals surface area contributed by atoms with Gasteiger partial charge in [0.05, 0.1) is 7.11 Å². The summed E-state index contributed by atoms with van der Waals surface area (Å²) >= 11 is 0. The van der Waals surface area contributed by atoms with Crippen LogP contribution >= 0.6 is 0 Å². The third-order valence-electron chi connectivity index (χ3n) is 1.38. The van der Waals surface area contributed by atoms with Crippen molar-refractivity contribution in [3.63, 3.8) is 0 Å². The van der Waals surface area contributed by atoms with Gasteiger partial charge >= 0.3 is 0 Å². The molecule has 1 amide bonds. The Hall–Kier alpha value is -1.35. The molecule has 1 aromatic carbocycles. The molecule has 1 aromatic rings. The summed E-state index contributed by atoms with van der Waals surface area (Å²) < 4.78 is 0. The van der Waals surface area contributed by atoms with Crippen LogP contribution in [0.1, 0.15) is 15.9 Å². The van der Waals surface area contributed by atoms with Crippen molar-refractivity contribution in [2.75, 3.05) is 7.11 Å². The van der Waals surface area contributed by atoms with E-state index in [4.69, 9.17) is 0 Å². The van der Waals surface area contributed by atoms with Gasteiger partial charge in [-0.05, 0) is 24.6 Å². The van der Waals surface area contributed by atoms with E-state index in [1.807, 2.05) is 6.07 Å². The number of carbonyl (C=O) groups is 1. The maximum absolute atomic E-state index is 11.1. The molecule has 0 aliphatic rings. The quantitative estimate of drug-likeness (QED) is 0.666. The molecule has 3 heteroatoms. The van der Waals surface area contributed by atoms with E-state index in [0.717, 1.165) is 5.56 Å². The number of benzene rings is 1. The summed E-state index contributed by atoms with van der Waals surface area (Å²) in [5.41, 5.74) is 3.57. The highest BCUT2D eigenvalue weighted by molar-refractivity contribution is 5.93. The van der Waals surface area contributed by atoms with Crippen molar-refractivity contribution in [1.29, 1.82) is 0 Å². The molecule has 3 nitrogen and oxygen atoms in total. The SMILES string of the molecule is [CH2]c1cccc(C(=O)NOC)c1. The molecule has 0 unspecified atom stereocenters. The van der Waals surface area contributed by atoms with E-state index in [1.165, 1.54) is 7.11 Å². The van der Waals surface area contributed by atoms with E-state index >= 15 is 0 Å². The van der Waals surface area contributed by atoms with E-state index in [2.05, 4.69) is 17.2 Å². The van der Waals surface area contributed by atoms with E-state index in [0.29, 0.717) is 5.56 Å². The van der Waals surface area contributed by atoms with Gasteiger partial charge in [0, 0.05) is 5.56 Å². The lowest BCUT2D eigenvalue weighted by atomic mass is 10.1. The summed E-state index contributed by atoms with van der Waals surface area (Å²) in [7, 11) is 1.39. The Bertz CT molecular complexity index is 284. The molecule has 63 valence electrons. The Morgan fingerprint density at radius 2 is 2.33 bits per heavy atom. The number of carbonyl (C=O) groups excluding carboxylic acids is 1. The smallest absolute Gasteiger partial charge is 0.274 e. The molecule has 0 aliphatic heterocycles. The lowest BCUT2D eigenvalue weighted by molar-refractivity contribution is 0.0537. The van der Waals surface area contributed by atoms with E-state index < -0.39 is 0 Å². The van der Waals surface area contributed by atoms with Crippen LogP contribution in [0.15, 0.2) is 24.3 Å². The van der Waals surface area contributed by atoms with Crippen molar-refractivity contribution in [3.05, 3.63) is 42.3 Å². The first kappa shape index (κ1) is 8.74. The van der Waals surface area contributed by atoms with Gasteiger partial charge in [-0.3, -0.25) is 9.63 Å². The number of hydrogen-bond acceptors (Lipinski definition) is 2. The second-order valence-corrected chi connectivity index (χ2v) is 2.34. The predicted octanol–water partition coefficient (Wildman–Crippen LogP) is 1.16. The van der Waals surface area contributed by atoms with Crippen LogP contribution in [-0.4, -0.2) is 13.0 Å². The van der Waals surface area contributed by atoms with Crippen LogP contribution < -0.4 is 5.48 Å². The summed E-state index contributed by atoms with van der Waals surface area (Å²) in [4.78, 5) is 15.6. The van der Waals surface area contributed by atoms with Crippen LogP contribution in [0.5, 0.6) is 0 Å². The van der Waals surface area contributed by atoms with Crippen molar-refractivity contribution in [2.45, 2.75) is 0 Å². The van der Waals surface area contributed by atoms with Crippen LogP contribution in [0.2, 0.25) is 0 Å². The fourth-order valence-corrected chi connectivity index (χ4v) is 0.864. The van der Waals surface area contributed by atoms with Crippen molar-refractivity contribution < 1.29 is 9.63 Å². The molecule has 0 fully saturated rings. The molecular weight excluding hydrogens is 154 g/mol. The average Bonchev–Trinajstić information content (AvgIpc) is 2.05. The fraction of sp³-hybridized carbons (Fsp3) is 0.111. The Labute approximate surface area is 71.3 Å².